The maximum Gasteiger partial charge on any atom is 0.0579 e. The first-order chi connectivity index (χ1) is 9.75. The van der Waals surface area contributed by atoms with E-state index >= 15 is 0 Å². The molecule has 0 aliphatic heterocycles. The molecule has 0 amide bonds. The number of hydrogen-bond acceptors (Lipinski definition) is 1. The smallest absolute Gasteiger partial charge is 0.0579 e. The van der Waals surface area contributed by atoms with E-state index in [1.165, 1.54) is 23.1 Å². The lowest BCUT2D eigenvalue weighted by Crippen LogP contribution is -2.25. The van der Waals surface area contributed by atoms with Gasteiger partial charge in [0.2, 0.25) is 0 Å². The largest absolute Gasteiger partial charge is 0.306 e. The molecule has 0 spiro atoms. The first kappa shape index (κ1) is 13.4. The highest BCUT2D eigenvalue weighted by Gasteiger charge is 2.32. The van der Waals surface area contributed by atoms with Gasteiger partial charge in [0.25, 0.3) is 0 Å². The summed E-state index contributed by atoms with van der Waals surface area (Å²) < 4.78 is 0. The number of aryl methyl sites for hydroxylation is 1. The Balaban J connectivity index is 1.85. The molecule has 2 aromatic rings. The van der Waals surface area contributed by atoms with Gasteiger partial charge in [-0.05, 0) is 48.4 Å². The van der Waals surface area contributed by atoms with E-state index in [9.17, 15) is 0 Å². The lowest BCUT2D eigenvalue weighted by atomic mass is 9.95. The van der Waals surface area contributed by atoms with Crippen LogP contribution in [0.2, 0.25) is 0 Å². The molecule has 0 saturated heterocycles. The maximum absolute atomic E-state index is 3.79. The average molecular weight is 265 g/mol. The molecule has 3 unspecified atom stereocenters. The monoisotopic (exact) mass is 265 g/mol. The molecule has 0 aromatic heterocycles. The van der Waals surface area contributed by atoms with E-state index in [4.69, 9.17) is 0 Å². The van der Waals surface area contributed by atoms with Crippen molar-refractivity contribution in [1.29, 1.82) is 0 Å². The molecular weight excluding hydrogens is 242 g/mol. The van der Waals surface area contributed by atoms with Crippen molar-refractivity contribution in [2.75, 3.05) is 6.54 Å². The van der Waals surface area contributed by atoms with Gasteiger partial charge in [-0.3, -0.25) is 0 Å². The molecule has 3 rings (SSSR count). The predicted octanol–water partition coefficient (Wildman–Crippen LogP) is 4.33. The van der Waals surface area contributed by atoms with E-state index in [0.29, 0.717) is 6.04 Å². The number of rotatable bonds is 5. The van der Waals surface area contributed by atoms with Gasteiger partial charge in [0.15, 0.2) is 0 Å². The Morgan fingerprint density at radius 2 is 1.70 bits per heavy atom. The average Bonchev–Trinajstić information content (AvgIpc) is 3.18. The molecule has 2 aromatic carbocycles. The standard InChI is InChI=1S/C19H23N/c1-14-8-6-7-11-18(14)19(16-9-4-3-5-10-16)20-13-17-12-15(17)2/h3-11,15,17,19-20H,12-13H2,1-2H3. The Morgan fingerprint density at radius 1 is 1.05 bits per heavy atom. The van der Waals surface area contributed by atoms with Gasteiger partial charge in [-0.1, -0.05) is 61.5 Å². The van der Waals surface area contributed by atoms with Crippen molar-refractivity contribution in [2.45, 2.75) is 26.3 Å². The van der Waals surface area contributed by atoms with E-state index in [-0.39, 0.29) is 0 Å². The molecule has 3 atom stereocenters. The molecule has 0 bridgehead atoms. The highest BCUT2D eigenvalue weighted by atomic mass is 14.9. The minimum absolute atomic E-state index is 0.310. The van der Waals surface area contributed by atoms with E-state index in [1.807, 2.05) is 0 Å². The molecule has 1 fully saturated rings. The van der Waals surface area contributed by atoms with Crippen molar-refractivity contribution in [2.24, 2.45) is 11.8 Å². The zero-order valence-corrected chi connectivity index (χ0v) is 12.3. The van der Waals surface area contributed by atoms with Crippen molar-refractivity contribution < 1.29 is 0 Å². The zero-order chi connectivity index (χ0) is 13.9. The molecule has 0 radical (unpaired) electrons. The Hall–Kier alpha value is -1.60. The van der Waals surface area contributed by atoms with Gasteiger partial charge in [-0.25, -0.2) is 0 Å². The summed E-state index contributed by atoms with van der Waals surface area (Å²) in [6.45, 7) is 5.67. The van der Waals surface area contributed by atoms with Crippen LogP contribution in [0.1, 0.15) is 36.1 Å². The quantitative estimate of drug-likeness (QED) is 0.848. The number of benzene rings is 2. The fourth-order valence-electron chi connectivity index (χ4n) is 2.92. The van der Waals surface area contributed by atoms with Crippen LogP contribution in [0.3, 0.4) is 0 Å². The molecule has 1 N–H and O–H groups in total. The summed E-state index contributed by atoms with van der Waals surface area (Å²) in [5.41, 5.74) is 4.11. The van der Waals surface area contributed by atoms with Crippen LogP contribution in [-0.2, 0) is 0 Å². The van der Waals surface area contributed by atoms with Crippen LogP contribution in [0.15, 0.2) is 54.6 Å². The highest BCUT2D eigenvalue weighted by Crippen LogP contribution is 2.37. The third kappa shape index (κ3) is 2.94. The first-order valence-electron chi connectivity index (χ1n) is 7.59. The second-order valence-corrected chi connectivity index (χ2v) is 6.08. The van der Waals surface area contributed by atoms with Gasteiger partial charge < -0.3 is 5.32 Å². The summed E-state index contributed by atoms with van der Waals surface area (Å²) in [5.74, 6) is 1.76. The first-order valence-corrected chi connectivity index (χ1v) is 7.59. The molecule has 0 heterocycles. The predicted molar refractivity (Wildman–Crippen MR) is 84.7 cm³/mol. The van der Waals surface area contributed by atoms with Gasteiger partial charge in [0.05, 0.1) is 6.04 Å². The van der Waals surface area contributed by atoms with Gasteiger partial charge >= 0.3 is 0 Å². The molecule has 104 valence electrons. The summed E-state index contributed by atoms with van der Waals surface area (Å²) in [4.78, 5) is 0. The summed E-state index contributed by atoms with van der Waals surface area (Å²) >= 11 is 0. The van der Waals surface area contributed by atoms with Gasteiger partial charge in [0.1, 0.15) is 0 Å². The summed E-state index contributed by atoms with van der Waals surface area (Å²) in [6.07, 6.45) is 1.38. The van der Waals surface area contributed by atoms with E-state index in [2.05, 4.69) is 73.8 Å². The summed E-state index contributed by atoms with van der Waals surface area (Å²) in [5, 5.41) is 3.79. The Morgan fingerprint density at radius 3 is 2.35 bits per heavy atom. The van der Waals surface area contributed by atoms with Crippen molar-refractivity contribution in [3.8, 4) is 0 Å². The fraction of sp³-hybridized carbons (Fsp3) is 0.368. The molecule has 1 nitrogen and oxygen atoms in total. The summed E-state index contributed by atoms with van der Waals surface area (Å²) in [7, 11) is 0. The van der Waals surface area contributed by atoms with Crippen LogP contribution in [-0.4, -0.2) is 6.54 Å². The Bertz CT molecular complexity index is 561. The minimum atomic E-state index is 0.310. The van der Waals surface area contributed by atoms with Crippen LogP contribution >= 0.6 is 0 Å². The minimum Gasteiger partial charge on any atom is -0.306 e. The van der Waals surface area contributed by atoms with Gasteiger partial charge in [0, 0.05) is 0 Å². The fourth-order valence-corrected chi connectivity index (χ4v) is 2.92. The van der Waals surface area contributed by atoms with E-state index in [1.54, 1.807) is 0 Å². The normalized spacial score (nSPS) is 22.5. The van der Waals surface area contributed by atoms with Crippen molar-refractivity contribution in [1.82, 2.24) is 5.32 Å². The second-order valence-electron chi connectivity index (χ2n) is 6.08. The Kier molecular flexibility index (Phi) is 3.88. The van der Waals surface area contributed by atoms with Crippen molar-refractivity contribution in [3.63, 3.8) is 0 Å². The van der Waals surface area contributed by atoms with E-state index in [0.717, 1.165) is 18.4 Å². The molecular formula is C19H23N. The van der Waals surface area contributed by atoms with Crippen LogP contribution in [0.5, 0.6) is 0 Å². The topological polar surface area (TPSA) is 12.0 Å². The molecule has 20 heavy (non-hydrogen) atoms. The van der Waals surface area contributed by atoms with Gasteiger partial charge in [-0.15, -0.1) is 0 Å². The molecule has 1 saturated carbocycles. The molecule has 1 aliphatic carbocycles. The van der Waals surface area contributed by atoms with Crippen molar-refractivity contribution >= 4 is 0 Å². The van der Waals surface area contributed by atoms with Crippen LogP contribution < -0.4 is 5.32 Å². The SMILES string of the molecule is Cc1ccccc1C(NCC1CC1C)c1ccccc1. The van der Waals surface area contributed by atoms with E-state index < -0.39 is 0 Å². The second kappa shape index (κ2) is 5.80. The third-order valence-electron chi connectivity index (χ3n) is 4.49. The Labute approximate surface area is 122 Å². The lowest BCUT2D eigenvalue weighted by molar-refractivity contribution is 0.555. The van der Waals surface area contributed by atoms with Crippen LogP contribution in [0.4, 0.5) is 0 Å². The number of nitrogens with one attached hydrogen (secondary N) is 1. The maximum atomic E-state index is 3.79. The molecule has 1 aliphatic rings. The summed E-state index contributed by atoms with van der Waals surface area (Å²) in [6, 6.07) is 19.8. The van der Waals surface area contributed by atoms with Crippen LogP contribution in [0, 0.1) is 18.8 Å². The molecule has 1 heteroatoms. The zero-order valence-electron chi connectivity index (χ0n) is 12.3. The highest BCUT2D eigenvalue weighted by molar-refractivity contribution is 5.36. The van der Waals surface area contributed by atoms with Crippen molar-refractivity contribution in [3.05, 3.63) is 71.3 Å². The number of hydrogen-bond donors (Lipinski definition) is 1. The van der Waals surface area contributed by atoms with Crippen LogP contribution in [0.25, 0.3) is 0 Å². The lowest BCUT2D eigenvalue weighted by Gasteiger charge is -2.22. The third-order valence-corrected chi connectivity index (χ3v) is 4.49. The van der Waals surface area contributed by atoms with Gasteiger partial charge in [-0.2, -0.15) is 0 Å².